The molecular weight excluding hydrogens is 331 g/mol. The lowest BCUT2D eigenvalue weighted by Crippen LogP contribution is -2.36. The first-order chi connectivity index (χ1) is 12.6. The predicted octanol–water partition coefficient (Wildman–Crippen LogP) is 3.55. The van der Waals surface area contributed by atoms with Gasteiger partial charge in [0.1, 0.15) is 5.82 Å². The summed E-state index contributed by atoms with van der Waals surface area (Å²) in [7, 11) is 0. The van der Waals surface area contributed by atoms with Crippen molar-refractivity contribution in [2.24, 2.45) is 0 Å². The Morgan fingerprint density at radius 1 is 1.19 bits per heavy atom. The number of hydrogen-bond acceptors (Lipinski definition) is 3. The average molecular weight is 354 g/mol. The van der Waals surface area contributed by atoms with Crippen LogP contribution in [0.3, 0.4) is 0 Å². The van der Waals surface area contributed by atoms with Crippen molar-refractivity contribution >= 4 is 17.7 Å². The summed E-state index contributed by atoms with van der Waals surface area (Å²) in [6.45, 7) is 5.20. The molecule has 1 amide bonds. The first-order valence-corrected chi connectivity index (χ1v) is 8.78. The number of nitrogens with one attached hydrogen (secondary N) is 1. The standard InChI is InChI=1S/C21H23FN2O2/c1-16(23-21(25)10-7-17-5-8-19(22)9-6-17)18-3-2-4-20(15-18)24-11-13-26-14-12-24/h2-10,15-16H,11-14H2,1H3,(H,23,25)/t16-/m0/s1. The fourth-order valence-electron chi connectivity index (χ4n) is 2.90. The van der Waals surface area contributed by atoms with Gasteiger partial charge >= 0.3 is 0 Å². The summed E-state index contributed by atoms with van der Waals surface area (Å²) in [6, 6.07) is 14.1. The Bertz CT molecular complexity index is 768. The highest BCUT2D eigenvalue weighted by Gasteiger charge is 2.13. The van der Waals surface area contributed by atoms with Crippen LogP contribution in [0.2, 0.25) is 0 Å². The van der Waals surface area contributed by atoms with E-state index in [0.717, 1.165) is 43.1 Å². The molecule has 4 nitrogen and oxygen atoms in total. The Morgan fingerprint density at radius 2 is 1.92 bits per heavy atom. The zero-order valence-electron chi connectivity index (χ0n) is 14.8. The molecule has 2 aromatic carbocycles. The number of ether oxygens (including phenoxy) is 1. The summed E-state index contributed by atoms with van der Waals surface area (Å²) < 4.78 is 18.3. The number of nitrogens with zero attached hydrogens (tertiary/aromatic N) is 1. The van der Waals surface area contributed by atoms with Crippen molar-refractivity contribution in [3.63, 3.8) is 0 Å². The lowest BCUT2D eigenvalue weighted by molar-refractivity contribution is -0.117. The van der Waals surface area contributed by atoms with Gasteiger partial charge in [-0.3, -0.25) is 4.79 Å². The molecule has 1 aliphatic rings. The van der Waals surface area contributed by atoms with Crippen molar-refractivity contribution in [1.82, 2.24) is 5.32 Å². The smallest absolute Gasteiger partial charge is 0.244 e. The van der Waals surface area contributed by atoms with E-state index in [4.69, 9.17) is 4.74 Å². The molecule has 1 fully saturated rings. The molecule has 2 aromatic rings. The second-order valence-corrected chi connectivity index (χ2v) is 6.31. The zero-order chi connectivity index (χ0) is 18.4. The quantitative estimate of drug-likeness (QED) is 0.835. The van der Waals surface area contributed by atoms with Gasteiger partial charge in [0.25, 0.3) is 0 Å². The van der Waals surface area contributed by atoms with Gasteiger partial charge in [-0.15, -0.1) is 0 Å². The van der Waals surface area contributed by atoms with Gasteiger partial charge in [0.05, 0.1) is 19.3 Å². The summed E-state index contributed by atoms with van der Waals surface area (Å²) in [5.74, 6) is -0.473. The number of anilines is 1. The van der Waals surface area contributed by atoms with E-state index >= 15 is 0 Å². The highest BCUT2D eigenvalue weighted by molar-refractivity contribution is 5.92. The van der Waals surface area contributed by atoms with Gasteiger partial charge in [-0.25, -0.2) is 4.39 Å². The molecule has 0 bridgehead atoms. The van der Waals surface area contributed by atoms with Gasteiger partial charge in [-0.1, -0.05) is 24.3 Å². The molecular formula is C21H23FN2O2. The maximum atomic E-state index is 12.9. The van der Waals surface area contributed by atoms with Gasteiger partial charge in [0.15, 0.2) is 0 Å². The van der Waals surface area contributed by atoms with Crippen LogP contribution in [0.25, 0.3) is 6.08 Å². The van der Waals surface area contributed by atoms with Crippen molar-refractivity contribution in [3.8, 4) is 0 Å². The Hall–Kier alpha value is -2.66. The fraction of sp³-hybridized carbons (Fsp3) is 0.286. The number of amides is 1. The lowest BCUT2D eigenvalue weighted by Gasteiger charge is -2.29. The normalized spacial score (nSPS) is 15.8. The molecule has 1 aliphatic heterocycles. The fourth-order valence-corrected chi connectivity index (χ4v) is 2.90. The molecule has 3 rings (SSSR count). The second-order valence-electron chi connectivity index (χ2n) is 6.31. The molecule has 1 saturated heterocycles. The molecule has 1 N–H and O–H groups in total. The van der Waals surface area contributed by atoms with Crippen LogP contribution in [0.1, 0.15) is 24.1 Å². The van der Waals surface area contributed by atoms with Crippen LogP contribution in [0.15, 0.2) is 54.6 Å². The third-order valence-corrected chi connectivity index (χ3v) is 4.40. The highest BCUT2D eigenvalue weighted by Crippen LogP contribution is 2.21. The van der Waals surface area contributed by atoms with Gasteiger partial charge in [0.2, 0.25) is 5.91 Å². The van der Waals surface area contributed by atoms with Crippen LogP contribution in [0, 0.1) is 5.82 Å². The molecule has 136 valence electrons. The molecule has 0 saturated carbocycles. The molecule has 5 heteroatoms. The van der Waals surface area contributed by atoms with E-state index in [2.05, 4.69) is 22.3 Å². The van der Waals surface area contributed by atoms with Crippen LogP contribution in [0.5, 0.6) is 0 Å². The monoisotopic (exact) mass is 354 g/mol. The van der Waals surface area contributed by atoms with Gasteiger partial charge in [-0.2, -0.15) is 0 Å². The number of halogens is 1. The van der Waals surface area contributed by atoms with Crippen LogP contribution < -0.4 is 10.2 Å². The third-order valence-electron chi connectivity index (χ3n) is 4.40. The maximum absolute atomic E-state index is 12.9. The second kappa shape index (κ2) is 8.63. The van der Waals surface area contributed by atoms with E-state index in [1.807, 2.05) is 19.1 Å². The highest BCUT2D eigenvalue weighted by atomic mass is 19.1. The number of carbonyl (C=O) groups is 1. The number of carbonyl (C=O) groups excluding carboxylic acids is 1. The largest absolute Gasteiger partial charge is 0.378 e. The van der Waals surface area contributed by atoms with E-state index in [1.165, 1.54) is 18.2 Å². The van der Waals surface area contributed by atoms with Gasteiger partial charge in [-0.05, 0) is 48.4 Å². The van der Waals surface area contributed by atoms with E-state index in [0.29, 0.717) is 0 Å². The van der Waals surface area contributed by atoms with E-state index < -0.39 is 0 Å². The average Bonchev–Trinajstić information content (AvgIpc) is 2.68. The molecule has 1 heterocycles. The van der Waals surface area contributed by atoms with Gasteiger partial charge in [0, 0.05) is 24.9 Å². The molecule has 0 aliphatic carbocycles. The number of hydrogen-bond donors (Lipinski definition) is 1. The van der Waals surface area contributed by atoms with Crippen molar-refractivity contribution in [1.29, 1.82) is 0 Å². The number of benzene rings is 2. The number of rotatable bonds is 5. The van der Waals surface area contributed by atoms with Crippen molar-refractivity contribution in [3.05, 3.63) is 71.6 Å². The van der Waals surface area contributed by atoms with Crippen LogP contribution in [0.4, 0.5) is 10.1 Å². The first-order valence-electron chi connectivity index (χ1n) is 8.78. The molecule has 0 aromatic heterocycles. The SMILES string of the molecule is C[C@H](NC(=O)C=Cc1ccc(F)cc1)c1cccc(N2CCOCC2)c1. The van der Waals surface area contributed by atoms with Crippen LogP contribution in [-0.2, 0) is 9.53 Å². The zero-order valence-corrected chi connectivity index (χ0v) is 14.8. The molecule has 0 radical (unpaired) electrons. The lowest BCUT2D eigenvalue weighted by atomic mass is 10.1. The van der Waals surface area contributed by atoms with Crippen molar-refractivity contribution < 1.29 is 13.9 Å². The molecule has 26 heavy (non-hydrogen) atoms. The van der Waals surface area contributed by atoms with E-state index in [9.17, 15) is 9.18 Å². The molecule has 1 atom stereocenters. The third kappa shape index (κ3) is 4.92. The van der Waals surface area contributed by atoms with Crippen molar-refractivity contribution in [2.45, 2.75) is 13.0 Å². The summed E-state index contributed by atoms with van der Waals surface area (Å²) in [6.07, 6.45) is 3.14. The summed E-state index contributed by atoms with van der Waals surface area (Å²) >= 11 is 0. The van der Waals surface area contributed by atoms with Crippen LogP contribution >= 0.6 is 0 Å². The first kappa shape index (κ1) is 18.1. The molecule has 0 unspecified atom stereocenters. The Kier molecular flexibility index (Phi) is 6.02. The minimum atomic E-state index is -0.291. The van der Waals surface area contributed by atoms with Crippen molar-refractivity contribution in [2.75, 3.05) is 31.2 Å². The predicted molar refractivity (Wildman–Crippen MR) is 101 cm³/mol. The summed E-state index contributed by atoms with van der Waals surface area (Å²) in [4.78, 5) is 14.4. The van der Waals surface area contributed by atoms with Crippen LogP contribution in [-0.4, -0.2) is 32.2 Å². The number of morpholine rings is 1. The van der Waals surface area contributed by atoms with Gasteiger partial charge < -0.3 is 15.0 Å². The Balaban J connectivity index is 1.61. The minimum Gasteiger partial charge on any atom is -0.378 e. The topological polar surface area (TPSA) is 41.6 Å². The van der Waals surface area contributed by atoms with E-state index in [-0.39, 0.29) is 17.8 Å². The Labute approximate surface area is 153 Å². The Morgan fingerprint density at radius 3 is 2.65 bits per heavy atom. The molecule has 0 spiro atoms. The maximum Gasteiger partial charge on any atom is 0.244 e. The minimum absolute atomic E-state index is 0.110. The summed E-state index contributed by atoms with van der Waals surface area (Å²) in [5.41, 5.74) is 2.98. The van der Waals surface area contributed by atoms with E-state index in [1.54, 1.807) is 18.2 Å². The summed E-state index contributed by atoms with van der Waals surface area (Å²) in [5, 5.41) is 2.96.